The maximum absolute atomic E-state index is 10.9. The van der Waals surface area contributed by atoms with Crippen molar-refractivity contribution in [3.8, 4) is 0 Å². The van der Waals surface area contributed by atoms with Gasteiger partial charge in [-0.1, -0.05) is 6.07 Å². The number of benzene rings is 1. The average molecular weight is 229 g/mol. The second kappa shape index (κ2) is 3.58. The van der Waals surface area contributed by atoms with Crippen LogP contribution in [-0.2, 0) is 11.2 Å². The quantitative estimate of drug-likeness (QED) is 0.870. The minimum atomic E-state index is -0.303. The largest absolute Gasteiger partial charge is 0.369 e. The summed E-state index contributed by atoms with van der Waals surface area (Å²) in [6.45, 7) is 2.03. The van der Waals surface area contributed by atoms with Gasteiger partial charge in [0.25, 0.3) is 0 Å². The Morgan fingerprint density at radius 2 is 2.29 bits per heavy atom. The molecule has 1 aromatic carbocycles. The van der Waals surface area contributed by atoms with Crippen molar-refractivity contribution in [2.24, 2.45) is 5.73 Å². The van der Waals surface area contributed by atoms with Crippen LogP contribution in [0.2, 0.25) is 0 Å². The van der Waals surface area contributed by atoms with Gasteiger partial charge in [-0.3, -0.25) is 4.79 Å². The van der Waals surface area contributed by atoms with Crippen LogP contribution in [0.25, 0.3) is 11.0 Å². The summed E-state index contributed by atoms with van der Waals surface area (Å²) in [5.74, 6) is 0.751. The summed E-state index contributed by atoms with van der Waals surface area (Å²) in [6.07, 6.45) is 2.77. The third kappa shape index (κ3) is 1.79. The van der Waals surface area contributed by atoms with Crippen molar-refractivity contribution < 1.29 is 4.79 Å². The first-order valence-corrected chi connectivity index (χ1v) is 5.91. The van der Waals surface area contributed by atoms with Crippen LogP contribution in [0, 0.1) is 6.92 Å². The van der Waals surface area contributed by atoms with Gasteiger partial charge < -0.3 is 10.3 Å². The fraction of sp³-hybridized carbons (Fsp3) is 0.385. The molecule has 0 bridgehead atoms. The molecule has 0 saturated heterocycles. The third-order valence-electron chi connectivity index (χ3n) is 3.22. The molecule has 4 heteroatoms. The highest BCUT2D eigenvalue weighted by Crippen LogP contribution is 2.38. The molecule has 4 nitrogen and oxygen atoms in total. The van der Waals surface area contributed by atoms with Gasteiger partial charge in [0.05, 0.1) is 17.5 Å². The highest BCUT2D eigenvalue weighted by atomic mass is 16.1. The molecule has 2 aromatic rings. The minimum Gasteiger partial charge on any atom is -0.369 e. The smallest absolute Gasteiger partial charge is 0.221 e. The second-order valence-electron chi connectivity index (χ2n) is 4.73. The van der Waals surface area contributed by atoms with Gasteiger partial charge in [0.15, 0.2) is 0 Å². The molecule has 1 fully saturated rings. The molecule has 1 saturated carbocycles. The van der Waals surface area contributed by atoms with Crippen LogP contribution in [0.1, 0.15) is 30.3 Å². The van der Waals surface area contributed by atoms with Gasteiger partial charge in [0.1, 0.15) is 5.82 Å². The number of aryl methyl sites for hydroxylation is 1. The predicted molar refractivity (Wildman–Crippen MR) is 65.6 cm³/mol. The first-order valence-electron chi connectivity index (χ1n) is 5.91. The summed E-state index contributed by atoms with van der Waals surface area (Å²) in [7, 11) is 0. The molecule has 2 N–H and O–H groups in total. The molecule has 1 aliphatic rings. The van der Waals surface area contributed by atoms with E-state index < -0.39 is 0 Å². The molecule has 17 heavy (non-hydrogen) atoms. The molecule has 1 heterocycles. The van der Waals surface area contributed by atoms with E-state index in [2.05, 4.69) is 9.55 Å². The van der Waals surface area contributed by atoms with Crippen LogP contribution < -0.4 is 5.73 Å². The zero-order chi connectivity index (χ0) is 12.0. The molecule has 0 aliphatic heterocycles. The summed E-state index contributed by atoms with van der Waals surface area (Å²) in [5.41, 5.74) is 8.26. The van der Waals surface area contributed by atoms with Gasteiger partial charge in [0.2, 0.25) is 5.91 Å². The van der Waals surface area contributed by atoms with E-state index in [0.717, 1.165) is 16.9 Å². The standard InChI is InChI=1S/C13H15N3O/c1-8-15-11-6-9(7-13(14)17)2-5-12(11)16(8)10-3-4-10/h2,5-6,10H,3-4,7H2,1H3,(H2,14,17). The van der Waals surface area contributed by atoms with E-state index in [0.29, 0.717) is 6.04 Å². The van der Waals surface area contributed by atoms with Crippen molar-refractivity contribution in [3.63, 3.8) is 0 Å². The number of carbonyl (C=O) groups excluding carboxylic acids is 1. The Balaban J connectivity index is 2.08. The van der Waals surface area contributed by atoms with Crippen LogP contribution >= 0.6 is 0 Å². The predicted octanol–water partition coefficient (Wildman–Crippen LogP) is 1.71. The number of fused-ring (bicyclic) bond motifs is 1. The number of amides is 1. The zero-order valence-electron chi connectivity index (χ0n) is 9.81. The number of hydrogen-bond acceptors (Lipinski definition) is 2. The number of imidazole rings is 1. The lowest BCUT2D eigenvalue weighted by molar-refractivity contribution is -0.117. The lowest BCUT2D eigenvalue weighted by Crippen LogP contribution is -2.13. The lowest BCUT2D eigenvalue weighted by atomic mass is 10.1. The van der Waals surface area contributed by atoms with E-state index in [-0.39, 0.29) is 12.3 Å². The third-order valence-corrected chi connectivity index (χ3v) is 3.22. The maximum atomic E-state index is 10.9. The molecule has 0 spiro atoms. The van der Waals surface area contributed by atoms with Gasteiger partial charge >= 0.3 is 0 Å². The van der Waals surface area contributed by atoms with Gasteiger partial charge in [0, 0.05) is 6.04 Å². The summed E-state index contributed by atoms with van der Waals surface area (Å²) in [4.78, 5) is 15.4. The van der Waals surface area contributed by atoms with Gasteiger partial charge in [-0.25, -0.2) is 4.98 Å². The van der Waals surface area contributed by atoms with E-state index in [4.69, 9.17) is 5.73 Å². The zero-order valence-corrected chi connectivity index (χ0v) is 9.81. The van der Waals surface area contributed by atoms with E-state index in [1.54, 1.807) is 0 Å². The van der Waals surface area contributed by atoms with Crippen LogP contribution in [0.15, 0.2) is 18.2 Å². The highest BCUT2D eigenvalue weighted by molar-refractivity contribution is 5.81. The number of carbonyl (C=O) groups is 1. The minimum absolute atomic E-state index is 0.283. The number of hydrogen-bond donors (Lipinski definition) is 1. The summed E-state index contributed by atoms with van der Waals surface area (Å²) >= 11 is 0. The van der Waals surface area contributed by atoms with Gasteiger partial charge in [-0.15, -0.1) is 0 Å². The molecule has 3 rings (SSSR count). The van der Waals surface area contributed by atoms with Crippen molar-refractivity contribution in [2.45, 2.75) is 32.2 Å². The number of nitrogens with two attached hydrogens (primary N) is 1. The number of primary amides is 1. The monoisotopic (exact) mass is 229 g/mol. The van der Waals surface area contributed by atoms with E-state index >= 15 is 0 Å². The summed E-state index contributed by atoms with van der Waals surface area (Å²) in [5, 5.41) is 0. The Bertz CT molecular complexity index is 596. The lowest BCUT2D eigenvalue weighted by Gasteiger charge is -2.04. The molecule has 1 aliphatic carbocycles. The Kier molecular flexibility index (Phi) is 2.18. The summed E-state index contributed by atoms with van der Waals surface area (Å²) < 4.78 is 2.30. The molecular formula is C13H15N3O. The summed E-state index contributed by atoms with van der Waals surface area (Å²) in [6, 6.07) is 6.60. The maximum Gasteiger partial charge on any atom is 0.221 e. The van der Waals surface area contributed by atoms with Crippen LogP contribution in [-0.4, -0.2) is 15.5 Å². The van der Waals surface area contributed by atoms with E-state index in [1.165, 1.54) is 18.4 Å². The Morgan fingerprint density at radius 3 is 2.94 bits per heavy atom. The normalized spacial score (nSPS) is 15.4. The first-order chi connectivity index (χ1) is 8.15. The van der Waals surface area contributed by atoms with Crippen molar-refractivity contribution in [2.75, 3.05) is 0 Å². The van der Waals surface area contributed by atoms with Crippen LogP contribution in [0.3, 0.4) is 0 Å². The molecule has 1 aromatic heterocycles. The fourth-order valence-corrected chi connectivity index (χ4v) is 2.37. The van der Waals surface area contributed by atoms with Crippen LogP contribution in [0.5, 0.6) is 0 Å². The molecule has 88 valence electrons. The van der Waals surface area contributed by atoms with Crippen molar-refractivity contribution in [1.29, 1.82) is 0 Å². The van der Waals surface area contributed by atoms with Crippen molar-refractivity contribution >= 4 is 16.9 Å². The van der Waals surface area contributed by atoms with Gasteiger partial charge in [-0.2, -0.15) is 0 Å². The first kappa shape index (κ1) is 10.3. The number of aromatic nitrogens is 2. The van der Waals surface area contributed by atoms with Crippen LogP contribution in [0.4, 0.5) is 0 Å². The molecule has 0 atom stereocenters. The second-order valence-corrected chi connectivity index (χ2v) is 4.73. The Hall–Kier alpha value is -1.84. The SMILES string of the molecule is Cc1nc2cc(CC(N)=O)ccc2n1C1CC1. The molecule has 0 unspecified atom stereocenters. The molecular weight excluding hydrogens is 214 g/mol. The average Bonchev–Trinajstić information content (AvgIpc) is 3.00. The molecule has 1 amide bonds. The number of rotatable bonds is 3. The van der Waals surface area contributed by atoms with Gasteiger partial charge in [-0.05, 0) is 37.5 Å². The number of nitrogens with zero attached hydrogens (tertiary/aromatic N) is 2. The topological polar surface area (TPSA) is 60.9 Å². The van der Waals surface area contributed by atoms with Crippen molar-refractivity contribution in [3.05, 3.63) is 29.6 Å². The molecule has 0 radical (unpaired) electrons. The van der Waals surface area contributed by atoms with E-state index in [9.17, 15) is 4.79 Å². The Labute approximate surface area is 99.4 Å². The Morgan fingerprint density at radius 1 is 1.53 bits per heavy atom. The fourth-order valence-electron chi connectivity index (χ4n) is 2.37. The van der Waals surface area contributed by atoms with Crippen molar-refractivity contribution in [1.82, 2.24) is 9.55 Å². The van der Waals surface area contributed by atoms with E-state index in [1.807, 2.05) is 25.1 Å². The highest BCUT2D eigenvalue weighted by Gasteiger charge is 2.26.